The number of benzene rings is 2. The Morgan fingerprint density at radius 1 is 1.03 bits per heavy atom. The molecule has 0 radical (unpaired) electrons. The van der Waals surface area contributed by atoms with Crippen molar-refractivity contribution in [1.29, 1.82) is 0 Å². The summed E-state index contributed by atoms with van der Waals surface area (Å²) in [6.45, 7) is 1.07. The molecule has 1 heterocycles. The van der Waals surface area contributed by atoms with Gasteiger partial charge in [0.2, 0.25) is 0 Å². The van der Waals surface area contributed by atoms with Crippen molar-refractivity contribution >= 4 is 44.6 Å². The third-order valence-corrected chi connectivity index (χ3v) is 7.54. The van der Waals surface area contributed by atoms with Gasteiger partial charge in [-0.05, 0) is 54.8 Å². The molecule has 0 saturated heterocycles. The van der Waals surface area contributed by atoms with Crippen LogP contribution in [0.2, 0.25) is 0 Å². The van der Waals surface area contributed by atoms with Crippen LogP contribution in [0.1, 0.15) is 6.92 Å². The summed E-state index contributed by atoms with van der Waals surface area (Å²) < 4.78 is 37.0. The molecule has 0 aliphatic heterocycles. The molecule has 0 spiro atoms. The molecule has 0 fully saturated rings. The number of sulfonamides is 1. The summed E-state index contributed by atoms with van der Waals surface area (Å²) in [5.41, 5.74) is 1.04. The van der Waals surface area contributed by atoms with E-state index in [2.05, 4.69) is 5.32 Å². The van der Waals surface area contributed by atoms with E-state index in [1.54, 1.807) is 66.0 Å². The largest absolute Gasteiger partial charge is 0.482 e. The van der Waals surface area contributed by atoms with Crippen molar-refractivity contribution < 1.29 is 27.5 Å². The van der Waals surface area contributed by atoms with Crippen LogP contribution in [-0.2, 0) is 24.3 Å². The molecule has 2 aromatic carbocycles. The fourth-order valence-corrected chi connectivity index (χ4v) is 4.99. The first kappa shape index (κ1) is 23.3. The number of rotatable bonds is 9. The van der Waals surface area contributed by atoms with Gasteiger partial charge in [-0.25, -0.2) is 13.2 Å². The maximum Gasteiger partial charge on any atom is 0.344 e. The summed E-state index contributed by atoms with van der Waals surface area (Å²) in [6, 6.07) is 18.3. The van der Waals surface area contributed by atoms with Gasteiger partial charge < -0.3 is 14.8 Å². The molecule has 3 aromatic rings. The van der Waals surface area contributed by atoms with E-state index in [4.69, 9.17) is 9.47 Å². The second-order valence-electron chi connectivity index (χ2n) is 6.67. The number of ether oxygens (including phenoxy) is 2. The first-order chi connectivity index (χ1) is 15.3. The predicted octanol–water partition coefficient (Wildman–Crippen LogP) is 3.52. The van der Waals surface area contributed by atoms with Gasteiger partial charge in [-0.2, -0.15) is 0 Å². The number of hydrogen-bond donors (Lipinski definition) is 1. The van der Waals surface area contributed by atoms with E-state index < -0.39 is 34.6 Å². The lowest BCUT2D eigenvalue weighted by Crippen LogP contribution is -2.31. The topological polar surface area (TPSA) is 102 Å². The van der Waals surface area contributed by atoms with Crippen LogP contribution in [-0.4, -0.2) is 40.1 Å². The van der Waals surface area contributed by atoms with Crippen LogP contribution in [0, 0.1) is 0 Å². The van der Waals surface area contributed by atoms with Crippen LogP contribution < -0.4 is 14.4 Å². The fourth-order valence-electron chi connectivity index (χ4n) is 2.63. The highest BCUT2D eigenvalue weighted by Gasteiger charge is 2.22. The summed E-state index contributed by atoms with van der Waals surface area (Å²) in [7, 11) is -2.17. The van der Waals surface area contributed by atoms with Gasteiger partial charge in [0, 0.05) is 12.7 Å². The number of nitrogens with zero attached hydrogens (tertiary/aromatic N) is 1. The minimum Gasteiger partial charge on any atom is -0.482 e. The van der Waals surface area contributed by atoms with E-state index in [0.29, 0.717) is 17.1 Å². The molecule has 168 valence electrons. The predicted molar refractivity (Wildman–Crippen MR) is 122 cm³/mol. The number of anilines is 2. The van der Waals surface area contributed by atoms with E-state index in [0.717, 1.165) is 11.3 Å². The Kier molecular flexibility index (Phi) is 7.49. The zero-order valence-corrected chi connectivity index (χ0v) is 19.1. The van der Waals surface area contributed by atoms with Crippen molar-refractivity contribution in [2.75, 3.05) is 23.3 Å². The van der Waals surface area contributed by atoms with Crippen molar-refractivity contribution in [2.24, 2.45) is 0 Å². The van der Waals surface area contributed by atoms with Crippen LogP contribution in [0.15, 0.2) is 76.3 Å². The minimum atomic E-state index is -3.63. The number of hydrogen-bond acceptors (Lipinski definition) is 7. The lowest BCUT2D eigenvalue weighted by molar-refractivity contribution is -0.155. The van der Waals surface area contributed by atoms with Gasteiger partial charge in [-0.3, -0.25) is 9.10 Å². The molecule has 1 aromatic heterocycles. The second-order valence-corrected chi connectivity index (χ2v) is 9.82. The number of esters is 1. The van der Waals surface area contributed by atoms with E-state index in [-0.39, 0.29) is 4.21 Å². The smallest absolute Gasteiger partial charge is 0.344 e. The summed E-state index contributed by atoms with van der Waals surface area (Å²) in [4.78, 5) is 24.1. The van der Waals surface area contributed by atoms with E-state index in [9.17, 15) is 18.0 Å². The second kappa shape index (κ2) is 10.3. The standard InChI is InChI=1S/C22H22N2O6S2/c1-16(22(26)23-17-7-4-3-5-8-17)30-20(25)15-29-19-12-10-18(11-13-19)24(2)32(27,28)21-9-6-14-31-21/h3-14,16H,15H2,1-2H3,(H,23,26). The first-order valence-electron chi connectivity index (χ1n) is 9.58. The quantitative estimate of drug-likeness (QED) is 0.476. The molecule has 0 bridgehead atoms. The zero-order valence-electron chi connectivity index (χ0n) is 17.4. The normalized spacial score (nSPS) is 11.9. The number of carbonyl (C=O) groups is 2. The summed E-state index contributed by atoms with van der Waals surface area (Å²) in [5, 5.41) is 4.35. The van der Waals surface area contributed by atoms with Crippen LogP contribution in [0.25, 0.3) is 0 Å². The van der Waals surface area contributed by atoms with Crippen molar-refractivity contribution in [3.63, 3.8) is 0 Å². The van der Waals surface area contributed by atoms with Gasteiger partial charge in [0.05, 0.1) is 5.69 Å². The third-order valence-electron chi connectivity index (χ3n) is 4.39. The SMILES string of the molecule is CC(OC(=O)COc1ccc(N(C)S(=O)(=O)c2cccs2)cc1)C(=O)Nc1ccccc1. The summed E-state index contributed by atoms with van der Waals surface area (Å²) in [5.74, 6) is -0.805. The van der Waals surface area contributed by atoms with Crippen LogP contribution >= 0.6 is 11.3 Å². The van der Waals surface area contributed by atoms with Crippen LogP contribution in [0.4, 0.5) is 11.4 Å². The number of amides is 1. The zero-order chi connectivity index (χ0) is 23.1. The van der Waals surface area contributed by atoms with Gasteiger partial charge in [-0.15, -0.1) is 11.3 Å². The molecule has 1 unspecified atom stereocenters. The molecule has 1 N–H and O–H groups in total. The lowest BCUT2D eigenvalue weighted by atomic mass is 10.3. The van der Waals surface area contributed by atoms with Crippen molar-refractivity contribution in [3.05, 3.63) is 72.1 Å². The average Bonchev–Trinajstić information content (AvgIpc) is 3.34. The van der Waals surface area contributed by atoms with Crippen molar-refractivity contribution in [1.82, 2.24) is 0 Å². The van der Waals surface area contributed by atoms with Crippen molar-refractivity contribution in [2.45, 2.75) is 17.2 Å². The third kappa shape index (κ3) is 5.86. The Balaban J connectivity index is 1.50. The molecule has 0 aliphatic carbocycles. The molecule has 0 saturated carbocycles. The molecule has 3 rings (SSSR count). The number of para-hydroxylation sites is 1. The Labute approximate surface area is 190 Å². The van der Waals surface area contributed by atoms with Gasteiger partial charge >= 0.3 is 5.97 Å². The summed E-state index contributed by atoms with van der Waals surface area (Å²) in [6.07, 6.45) is -0.996. The van der Waals surface area contributed by atoms with Gasteiger partial charge in [-0.1, -0.05) is 24.3 Å². The number of carbonyl (C=O) groups excluding carboxylic acids is 2. The molecule has 8 nitrogen and oxygen atoms in total. The Morgan fingerprint density at radius 2 is 1.72 bits per heavy atom. The number of nitrogens with one attached hydrogen (secondary N) is 1. The fraction of sp³-hybridized carbons (Fsp3) is 0.182. The van der Waals surface area contributed by atoms with Crippen molar-refractivity contribution in [3.8, 4) is 5.75 Å². The average molecular weight is 475 g/mol. The summed E-state index contributed by atoms with van der Waals surface area (Å²) >= 11 is 1.14. The highest BCUT2D eigenvalue weighted by Crippen LogP contribution is 2.26. The highest BCUT2D eigenvalue weighted by molar-refractivity contribution is 7.94. The Bertz CT molecular complexity index is 1150. The molecule has 1 amide bonds. The Hall–Kier alpha value is -3.37. The molecule has 32 heavy (non-hydrogen) atoms. The molecular formula is C22H22N2O6S2. The monoisotopic (exact) mass is 474 g/mol. The first-order valence-corrected chi connectivity index (χ1v) is 11.9. The number of thiophene rings is 1. The molecular weight excluding hydrogens is 452 g/mol. The maximum absolute atomic E-state index is 12.6. The van der Waals surface area contributed by atoms with E-state index in [1.807, 2.05) is 6.07 Å². The maximum atomic E-state index is 12.6. The lowest BCUT2D eigenvalue weighted by Gasteiger charge is -2.18. The molecule has 1 atom stereocenters. The highest BCUT2D eigenvalue weighted by atomic mass is 32.2. The Morgan fingerprint density at radius 3 is 2.34 bits per heavy atom. The van der Waals surface area contributed by atoms with Gasteiger partial charge in [0.1, 0.15) is 9.96 Å². The molecule has 10 heteroatoms. The van der Waals surface area contributed by atoms with Crippen LogP contribution in [0.3, 0.4) is 0 Å². The molecule has 0 aliphatic rings. The van der Waals surface area contributed by atoms with E-state index in [1.165, 1.54) is 18.3 Å². The van der Waals surface area contributed by atoms with Crippen LogP contribution in [0.5, 0.6) is 5.75 Å². The minimum absolute atomic E-state index is 0.244. The van der Waals surface area contributed by atoms with Gasteiger partial charge in [0.25, 0.3) is 15.9 Å². The van der Waals surface area contributed by atoms with E-state index >= 15 is 0 Å². The van der Waals surface area contributed by atoms with Gasteiger partial charge in [0.15, 0.2) is 12.7 Å².